The number of ether oxygens (including phenoxy) is 1. The van der Waals surface area contributed by atoms with Crippen molar-refractivity contribution < 1.29 is 23.5 Å². The van der Waals surface area contributed by atoms with Gasteiger partial charge in [-0.05, 0) is 36.4 Å². The van der Waals surface area contributed by atoms with Crippen LogP contribution in [0.25, 0.3) is 0 Å². The Morgan fingerprint density at radius 3 is 2.63 bits per heavy atom. The monoisotopic (exact) mass is 409 g/mol. The van der Waals surface area contributed by atoms with E-state index < -0.39 is 11.8 Å². The number of carbonyl (C=O) groups is 3. The number of rotatable bonds is 6. The molecule has 3 N–H and O–H groups in total. The number of hydrogen-bond acceptors (Lipinski definition) is 4. The minimum Gasteiger partial charge on any atom is -0.480 e. The fourth-order valence-corrected chi connectivity index (χ4v) is 3.05. The minimum atomic E-state index is -0.591. The van der Waals surface area contributed by atoms with E-state index in [2.05, 4.69) is 17.2 Å². The van der Waals surface area contributed by atoms with Gasteiger partial charge in [-0.1, -0.05) is 24.0 Å². The molecule has 0 spiro atoms. The molecular formula is C22H20FN3O4. The number of halogens is 1. The van der Waals surface area contributed by atoms with Crippen molar-refractivity contribution in [2.45, 2.75) is 6.42 Å². The summed E-state index contributed by atoms with van der Waals surface area (Å²) in [6, 6.07) is 12.1. The zero-order valence-corrected chi connectivity index (χ0v) is 16.1. The Morgan fingerprint density at radius 1 is 1.17 bits per heavy atom. The van der Waals surface area contributed by atoms with Crippen LogP contribution >= 0.6 is 0 Å². The summed E-state index contributed by atoms with van der Waals surface area (Å²) in [4.78, 5) is 37.3. The number of hydrogen-bond donors (Lipinski definition) is 2. The van der Waals surface area contributed by atoms with Gasteiger partial charge in [0.25, 0.3) is 5.91 Å². The van der Waals surface area contributed by atoms with Crippen molar-refractivity contribution in [2.75, 3.05) is 24.6 Å². The number of benzene rings is 2. The summed E-state index contributed by atoms with van der Waals surface area (Å²) in [7, 11) is 0. The van der Waals surface area contributed by atoms with Gasteiger partial charge in [0.05, 0.1) is 18.0 Å². The molecule has 1 fully saturated rings. The molecule has 8 heteroatoms. The molecule has 2 aromatic carbocycles. The second-order valence-corrected chi connectivity index (χ2v) is 6.60. The number of nitrogens with zero attached hydrogens (tertiary/aromatic N) is 1. The van der Waals surface area contributed by atoms with Crippen molar-refractivity contribution in [3.05, 3.63) is 59.9 Å². The molecule has 0 bridgehead atoms. The Hall–Kier alpha value is -3.86. The molecule has 1 heterocycles. The van der Waals surface area contributed by atoms with E-state index in [1.54, 1.807) is 24.3 Å². The number of para-hydroxylation sites is 1. The lowest BCUT2D eigenvalue weighted by Gasteiger charge is -2.16. The van der Waals surface area contributed by atoms with Crippen LogP contribution in [-0.2, 0) is 9.59 Å². The third-order valence-electron chi connectivity index (χ3n) is 4.56. The van der Waals surface area contributed by atoms with Crippen LogP contribution in [0.4, 0.5) is 10.1 Å². The molecular weight excluding hydrogens is 389 g/mol. The van der Waals surface area contributed by atoms with Crippen LogP contribution in [0.2, 0.25) is 0 Å². The lowest BCUT2D eigenvalue weighted by Crippen LogP contribution is -2.33. The number of primary amides is 1. The van der Waals surface area contributed by atoms with E-state index in [1.807, 2.05) is 0 Å². The quantitative estimate of drug-likeness (QED) is 0.706. The minimum absolute atomic E-state index is 0.0282. The van der Waals surface area contributed by atoms with E-state index >= 15 is 0 Å². The molecule has 2 aromatic rings. The van der Waals surface area contributed by atoms with Gasteiger partial charge in [-0.25, -0.2) is 4.39 Å². The van der Waals surface area contributed by atoms with Gasteiger partial charge in [-0.3, -0.25) is 14.4 Å². The van der Waals surface area contributed by atoms with Gasteiger partial charge >= 0.3 is 0 Å². The highest BCUT2D eigenvalue weighted by Crippen LogP contribution is 2.25. The highest BCUT2D eigenvalue weighted by molar-refractivity contribution is 6.00. The van der Waals surface area contributed by atoms with Crippen LogP contribution in [0.1, 0.15) is 16.8 Å². The molecule has 1 aliphatic rings. The second-order valence-electron chi connectivity index (χ2n) is 6.60. The van der Waals surface area contributed by atoms with Crippen LogP contribution in [0.5, 0.6) is 5.75 Å². The molecule has 0 radical (unpaired) electrons. The van der Waals surface area contributed by atoms with Gasteiger partial charge in [0.1, 0.15) is 18.2 Å². The van der Waals surface area contributed by atoms with Gasteiger partial charge in [0, 0.05) is 18.7 Å². The molecule has 1 saturated heterocycles. The zero-order chi connectivity index (χ0) is 21.5. The zero-order valence-electron chi connectivity index (χ0n) is 16.1. The first-order chi connectivity index (χ1) is 14.5. The Bertz CT molecular complexity index is 1010. The molecule has 30 heavy (non-hydrogen) atoms. The van der Waals surface area contributed by atoms with Crippen molar-refractivity contribution in [1.82, 2.24) is 5.32 Å². The maximum Gasteiger partial charge on any atom is 0.252 e. The molecule has 3 amide bonds. The van der Waals surface area contributed by atoms with Gasteiger partial charge in [-0.15, -0.1) is 0 Å². The topological polar surface area (TPSA) is 102 Å². The predicted octanol–water partition coefficient (Wildman–Crippen LogP) is 1.48. The summed E-state index contributed by atoms with van der Waals surface area (Å²) in [5, 5.41) is 2.67. The van der Waals surface area contributed by atoms with Gasteiger partial charge in [0.2, 0.25) is 11.8 Å². The van der Waals surface area contributed by atoms with E-state index in [-0.39, 0.29) is 49.3 Å². The first-order valence-corrected chi connectivity index (χ1v) is 9.26. The van der Waals surface area contributed by atoms with Crippen LogP contribution in [0.3, 0.4) is 0 Å². The summed E-state index contributed by atoms with van der Waals surface area (Å²) in [6.45, 7) is 0.359. The van der Waals surface area contributed by atoms with E-state index in [0.717, 1.165) is 0 Å². The average Bonchev–Trinajstić information content (AvgIpc) is 3.13. The van der Waals surface area contributed by atoms with Crippen LogP contribution in [0, 0.1) is 23.6 Å². The lowest BCUT2D eigenvalue weighted by atomic mass is 10.1. The first-order valence-electron chi connectivity index (χ1n) is 9.26. The second kappa shape index (κ2) is 9.56. The summed E-state index contributed by atoms with van der Waals surface area (Å²) in [5.41, 5.74) is 6.10. The fraction of sp³-hybridized carbons (Fsp3) is 0.227. The van der Waals surface area contributed by atoms with Crippen molar-refractivity contribution in [2.24, 2.45) is 11.7 Å². The normalized spacial score (nSPS) is 15.3. The number of carbonyl (C=O) groups excluding carboxylic acids is 3. The summed E-state index contributed by atoms with van der Waals surface area (Å²) < 4.78 is 18.5. The Balaban J connectivity index is 1.45. The van der Waals surface area contributed by atoms with Crippen LogP contribution < -0.4 is 20.7 Å². The maximum atomic E-state index is 13.0. The third kappa shape index (κ3) is 5.14. The molecule has 0 unspecified atom stereocenters. The van der Waals surface area contributed by atoms with Gasteiger partial charge in [0.15, 0.2) is 0 Å². The first kappa shape index (κ1) is 20.9. The smallest absolute Gasteiger partial charge is 0.252 e. The maximum absolute atomic E-state index is 13.0. The predicted molar refractivity (Wildman–Crippen MR) is 108 cm³/mol. The summed E-state index contributed by atoms with van der Waals surface area (Å²) in [6.07, 6.45) is 0.0870. The number of nitrogens with one attached hydrogen (secondary N) is 1. The molecule has 1 atom stereocenters. The molecule has 7 nitrogen and oxygen atoms in total. The molecule has 1 aliphatic heterocycles. The Morgan fingerprint density at radius 2 is 1.90 bits per heavy atom. The van der Waals surface area contributed by atoms with E-state index in [9.17, 15) is 18.8 Å². The van der Waals surface area contributed by atoms with Crippen molar-refractivity contribution in [1.29, 1.82) is 0 Å². The van der Waals surface area contributed by atoms with Crippen molar-refractivity contribution in [3.63, 3.8) is 0 Å². The van der Waals surface area contributed by atoms with E-state index in [1.165, 1.54) is 29.2 Å². The number of anilines is 1. The SMILES string of the molecule is NC(=O)c1ccccc1OCC#CCNC(=O)[C@H]1CC(=O)N(c2ccc(F)cc2)C1. The largest absolute Gasteiger partial charge is 0.480 e. The average molecular weight is 409 g/mol. The molecule has 0 aliphatic carbocycles. The highest BCUT2D eigenvalue weighted by atomic mass is 19.1. The van der Waals surface area contributed by atoms with Crippen LogP contribution in [-0.4, -0.2) is 37.4 Å². The van der Waals surface area contributed by atoms with E-state index in [4.69, 9.17) is 10.5 Å². The molecule has 0 saturated carbocycles. The Kier molecular flexibility index (Phi) is 6.65. The highest BCUT2D eigenvalue weighted by Gasteiger charge is 2.34. The van der Waals surface area contributed by atoms with Crippen molar-refractivity contribution in [3.8, 4) is 17.6 Å². The Labute approximate surface area is 173 Å². The van der Waals surface area contributed by atoms with Crippen LogP contribution in [0.15, 0.2) is 48.5 Å². The number of nitrogens with two attached hydrogens (primary N) is 1. The van der Waals surface area contributed by atoms with Gasteiger partial charge in [-0.2, -0.15) is 0 Å². The lowest BCUT2D eigenvalue weighted by molar-refractivity contribution is -0.126. The molecule has 154 valence electrons. The summed E-state index contributed by atoms with van der Waals surface area (Å²) >= 11 is 0. The summed E-state index contributed by atoms with van der Waals surface area (Å²) in [5.74, 6) is 3.90. The molecule has 3 rings (SSSR count). The van der Waals surface area contributed by atoms with Crippen molar-refractivity contribution >= 4 is 23.4 Å². The number of amides is 3. The third-order valence-corrected chi connectivity index (χ3v) is 4.56. The standard InChI is InChI=1S/C22H20FN3O4/c23-16-7-9-17(10-8-16)26-14-15(13-20(26)27)22(29)25-11-3-4-12-30-19-6-2-1-5-18(19)21(24)28/h1-2,5-10,15H,11-14H2,(H2,24,28)(H,25,29)/t15-/m0/s1. The fourth-order valence-electron chi connectivity index (χ4n) is 3.05. The van der Waals surface area contributed by atoms with E-state index in [0.29, 0.717) is 11.4 Å². The molecule has 0 aromatic heterocycles. The van der Waals surface area contributed by atoms with Gasteiger partial charge < -0.3 is 20.7 Å².